The Labute approximate surface area is 88.3 Å². The minimum Gasteiger partial charge on any atom is -0.269 e. The molecule has 0 bridgehead atoms. The summed E-state index contributed by atoms with van der Waals surface area (Å²) in [6.45, 7) is 9.46. The second-order valence-corrected chi connectivity index (χ2v) is 8.81. The fourth-order valence-electron chi connectivity index (χ4n) is 2.21. The topological polar surface area (TPSA) is 0 Å². The van der Waals surface area contributed by atoms with E-state index in [1.54, 1.807) is 5.19 Å². The molecule has 0 saturated heterocycles. The molecule has 0 unspecified atom stereocenters. The zero-order valence-corrected chi connectivity index (χ0v) is 10.7. The summed E-state index contributed by atoms with van der Waals surface area (Å²) in [4.78, 5) is 0. The molecular weight excluding hydrogens is 191 g/mol. The van der Waals surface area contributed by atoms with Crippen molar-refractivity contribution in [3.05, 3.63) is 30.3 Å². The van der Waals surface area contributed by atoms with E-state index in [2.05, 4.69) is 58.0 Å². The van der Waals surface area contributed by atoms with Gasteiger partial charge in [-0.3, -0.25) is 4.70 Å². The highest BCUT2D eigenvalue weighted by molar-refractivity contribution is 6.75. The molecule has 0 spiro atoms. The van der Waals surface area contributed by atoms with Crippen molar-refractivity contribution in [1.29, 1.82) is 0 Å². The molecule has 0 aliphatic rings. The molecule has 0 N–H and O–H groups in total. The second-order valence-electron chi connectivity index (χ2n) is 4.42. The van der Waals surface area contributed by atoms with Crippen LogP contribution in [0.3, 0.4) is 0 Å². The number of rotatable bonds is 3. The monoisotopic (exact) mass is 212 g/mol. The Morgan fingerprint density at radius 1 is 0.857 bits per heavy atom. The molecule has 2 heteroatoms. The first kappa shape index (κ1) is 13.4. The molecule has 0 fully saturated rings. The van der Waals surface area contributed by atoms with Crippen LogP contribution in [0.15, 0.2) is 30.3 Å². The normalized spacial score (nSPS) is 10.8. The minimum absolute atomic E-state index is 0. The van der Waals surface area contributed by atoms with E-state index >= 15 is 0 Å². The quantitative estimate of drug-likeness (QED) is 0.675. The van der Waals surface area contributed by atoms with Gasteiger partial charge in [-0.05, 0) is 11.1 Å². The van der Waals surface area contributed by atoms with Crippen LogP contribution in [-0.2, 0) is 0 Å². The molecule has 0 amide bonds. The van der Waals surface area contributed by atoms with Crippen LogP contribution in [0.4, 0.5) is 4.70 Å². The molecule has 0 radical (unpaired) electrons. The Balaban J connectivity index is 0.00000169. The van der Waals surface area contributed by atoms with Gasteiger partial charge in [0.25, 0.3) is 0 Å². The van der Waals surface area contributed by atoms with Gasteiger partial charge in [0, 0.05) is 0 Å². The molecular formula is C12H21FSi. The lowest BCUT2D eigenvalue weighted by Crippen LogP contribution is -2.35. The Kier molecular flexibility index (Phi) is 5.70. The maximum Gasteiger partial charge on any atom is 0.0758 e. The molecule has 80 valence electrons. The minimum atomic E-state index is -0.739. The Morgan fingerprint density at radius 3 is 1.64 bits per heavy atom. The van der Waals surface area contributed by atoms with Crippen molar-refractivity contribution < 1.29 is 4.70 Å². The SMILES string of the molecule is CC(C)[SiH](c1ccccc1)C(C)C.F. The highest BCUT2D eigenvalue weighted by Crippen LogP contribution is 2.19. The van der Waals surface area contributed by atoms with E-state index in [1.807, 2.05) is 0 Å². The molecule has 1 aromatic carbocycles. The summed E-state index contributed by atoms with van der Waals surface area (Å²) in [6.07, 6.45) is 0. The summed E-state index contributed by atoms with van der Waals surface area (Å²) in [6, 6.07) is 11.0. The van der Waals surface area contributed by atoms with Crippen molar-refractivity contribution in [2.24, 2.45) is 0 Å². The highest BCUT2D eigenvalue weighted by Gasteiger charge is 2.20. The predicted octanol–water partition coefficient (Wildman–Crippen LogP) is 3.09. The Hall–Kier alpha value is -0.633. The average molecular weight is 212 g/mol. The highest BCUT2D eigenvalue weighted by atomic mass is 28.3. The van der Waals surface area contributed by atoms with Crippen LogP contribution in [0.2, 0.25) is 11.1 Å². The van der Waals surface area contributed by atoms with Gasteiger partial charge in [0.15, 0.2) is 0 Å². The van der Waals surface area contributed by atoms with Crippen LogP contribution in [0.25, 0.3) is 0 Å². The summed E-state index contributed by atoms with van der Waals surface area (Å²) in [5, 5.41) is 1.62. The molecule has 0 heterocycles. The Bertz CT molecular complexity index is 236. The van der Waals surface area contributed by atoms with Crippen molar-refractivity contribution in [1.82, 2.24) is 0 Å². The molecule has 0 saturated carbocycles. The molecule has 1 rings (SSSR count). The van der Waals surface area contributed by atoms with Crippen LogP contribution >= 0.6 is 0 Å². The van der Waals surface area contributed by atoms with Crippen molar-refractivity contribution in [3.63, 3.8) is 0 Å². The molecule has 0 nitrogen and oxygen atoms in total. The smallest absolute Gasteiger partial charge is 0.0758 e. The maximum atomic E-state index is 2.36. The third kappa shape index (κ3) is 3.26. The number of benzene rings is 1. The van der Waals surface area contributed by atoms with E-state index in [0.717, 1.165) is 11.1 Å². The average Bonchev–Trinajstić information content (AvgIpc) is 2.04. The van der Waals surface area contributed by atoms with Gasteiger partial charge in [-0.15, -0.1) is 0 Å². The Morgan fingerprint density at radius 2 is 1.29 bits per heavy atom. The first-order valence-electron chi connectivity index (χ1n) is 5.18. The summed E-state index contributed by atoms with van der Waals surface area (Å²) in [5.74, 6) is 0. The van der Waals surface area contributed by atoms with E-state index in [9.17, 15) is 0 Å². The molecule has 14 heavy (non-hydrogen) atoms. The zero-order valence-electron chi connectivity index (χ0n) is 9.53. The van der Waals surface area contributed by atoms with Gasteiger partial charge >= 0.3 is 0 Å². The van der Waals surface area contributed by atoms with Gasteiger partial charge in [0.1, 0.15) is 0 Å². The van der Waals surface area contributed by atoms with E-state index in [-0.39, 0.29) is 4.70 Å². The van der Waals surface area contributed by atoms with Crippen LogP contribution in [0.1, 0.15) is 27.7 Å². The lowest BCUT2D eigenvalue weighted by molar-refractivity contribution is 0.951. The summed E-state index contributed by atoms with van der Waals surface area (Å²) in [7, 11) is -0.739. The van der Waals surface area contributed by atoms with Crippen LogP contribution in [0, 0.1) is 0 Å². The largest absolute Gasteiger partial charge is 0.269 e. The first-order chi connectivity index (χ1) is 6.13. The van der Waals surface area contributed by atoms with Crippen molar-refractivity contribution in [2.75, 3.05) is 0 Å². The lowest BCUT2D eigenvalue weighted by Gasteiger charge is -2.23. The fourth-order valence-corrected chi connectivity index (χ4v) is 5.96. The maximum absolute atomic E-state index is 2.36. The van der Waals surface area contributed by atoms with E-state index in [4.69, 9.17) is 0 Å². The summed E-state index contributed by atoms with van der Waals surface area (Å²) < 4.78 is 0. The summed E-state index contributed by atoms with van der Waals surface area (Å²) >= 11 is 0. The second kappa shape index (κ2) is 5.97. The standard InChI is InChI=1S/C12H20Si.FH/c1-10(2)13(11(3)4)12-8-6-5-7-9-12;/h5-11,13H,1-4H3;1H. The molecule has 0 atom stereocenters. The van der Waals surface area contributed by atoms with Gasteiger partial charge in [0.05, 0.1) is 8.80 Å². The van der Waals surface area contributed by atoms with Gasteiger partial charge in [-0.2, -0.15) is 0 Å². The number of halogens is 1. The zero-order chi connectivity index (χ0) is 9.84. The fraction of sp³-hybridized carbons (Fsp3) is 0.500. The van der Waals surface area contributed by atoms with Gasteiger partial charge in [0.2, 0.25) is 0 Å². The van der Waals surface area contributed by atoms with E-state index in [0.29, 0.717) is 0 Å². The van der Waals surface area contributed by atoms with Crippen LogP contribution in [-0.4, -0.2) is 8.80 Å². The van der Waals surface area contributed by atoms with Gasteiger partial charge in [-0.1, -0.05) is 63.2 Å². The van der Waals surface area contributed by atoms with Gasteiger partial charge in [-0.25, -0.2) is 0 Å². The third-order valence-corrected chi connectivity index (χ3v) is 6.65. The molecule has 0 aliphatic carbocycles. The van der Waals surface area contributed by atoms with E-state index < -0.39 is 8.80 Å². The van der Waals surface area contributed by atoms with Crippen molar-refractivity contribution in [2.45, 2.75) is 38.8 Å². The van der Waals surface area contributed by atoms with Crippen LogP contribution < -0.4 is 5.19 Å². The molecule has 0 aromatic heterocycles. The molecule has 0 aliphatic heterocycles. The van der Waals surface area contributed by atoms with Crippen molar-refractivity contribution >= 4 is 14.0 Å². The third-order valence-electron chi connectivity index (χ3n) is 2.62. The molecule has 1 aromatic rings. The number of hydrogen-bond acceptors (Lipinski definition) is 0. The first-order valence-corrected chi connectivity index (χ1v) is 7.09. The lowest BCUT2D eigenvalue weighted by atomic mass is 10.4. The van der Waals surface area contributed by atoms with E-state index in [1.165, 1.54) is 0 Å². The summed E-state index contributed by atoms with van der Waals surface area (Å²) in [5.41, 5.74) is 1.73. The van der Waals surface area contributed by atoms with Gasteiger partial charge < -0.3 is 0 Å². The number of hydrogen-bond donors (Lipinski definition) is 0. The predicted molar refractivity (Wildman–Crippen MR) is 65.9 cm³/mol. The van der Waals surface area contributed by atoms with Crippen molar-refractivity contribution in [3.8, 4) is 0 Å². The van der Waals surface area contributed by atoms with Crippen LogP contribution in [0.5, 0.6) is 0 Å².